The molecule has 244 valence electrons. The number of carbonyl (C=O) groups excluding carboxylic acids is 3. The van der Waals surface area contributed by atoms with E-state index in [1.165, 1.54) is 66.7 Å². The molecule has 2 aromatic heterocycles. The third kappa shape index (κ3) is 12.5. The monoisotopic (exact) mass is 660 g/mol. The Morgan fingerprint density at radius 1 is 0.674 bits per heavy atom. The molecule has 16 heteroatoms. The number of nitrogens with zero attached hydrogens (tertiary/aromatic N) is 2. The summed E-state index contributed by atoms with van der Waals surface area (Å²) in [7, 11) is 0. The van der Waals surface area contributed by atoms with Gasteiger partial charge >= 0.3 is 5.97 Å². The first kappa shape index (κ1) is 38.4. The average Bonchev–Trinajstić information content (AvgIpc) is 2.99. The number of hydrogen-bond acceptors (Lipinski definition) is 7. The number of aromatic nitrogens is 2. The zero-order valence-electron chi connectivity index (χ0n) is 24.1. The molecule has 13 nitrogen and oxygen atoms in total. The van der Waals surface area contributed by atoms with Gasteiger partial charge in [-0.15, -0.1) is 12.4 Å². The second-order valence-electron chi connectivity index (χ2n) is 9.05. The SMILES string of the molecule is Cl.NC(=O)Cn1c(C(=O)NCc2ccc(F)cc2)cccc1=O.NC(=O)Cn1c(C(=O)O)cccc1=O.NCc1ccc(F)cc1. The van der Waals surface area contributed by atoms with Crippen molar-refractivity contribution in [3.05, 3.63) is 140 Å². The van der Waals surface area contributed by atoms with Crippen LogP contribution in [-0.2, 0) is 35.8 Å². The van der Waals surface area contributed by atoms with E-state index < -0.39 is 41.4 Å². The maximum absolute atomic E-state index is 12.8. The summed E-state index contributed by atoms with van der Waals surface area (Å²) < 4.78 is 26.8. The van der Waals surface area contributed by atoms with Crippen molar-refractivity contribution in [2.75, 3.05) is 0 Å². The van der Waals surface area contributed by atoms with Crippen LogP contribution < -0.4 is 33.6 Å². The molecule has 46 heavy (non-hydrogen) atoms. The van der Waals surface area contributed by atoms with Crippen LogP contribution in [0.3, 0.4) is 0 Å². The summed E-state index contributed by atoms with van der Waals surface area (Å²) in [5.74, 6) is -3.87. The minimum atomic E-state index is -1.27. The Hall–Kier alpha value is -5.67. The molecule has 0 aliphatic heterocycles. The minimum Gasteiger partial charge on any atom is -0.477 e. The quantitative estimate of drug-likeness (QED) is 0.175. The lowest BCUT2D eigenvalue weighted by Crippen LogP contribution is -2.35. The Bertz CT molecular complexity index is 1760. The van der Waals surface area contributed by atoms with Gasteiger partial charge in [-0.2, -0.15) is 0 Å². The standard InChI is InChI=1S/C15H14FN3O3.C8H8N2O4.C7H8FN.ClH/c16-11-6-4-10(5-7-11)8-18-15(22)12-2-1-3-14(21)19(12)9-13(17)20;9-6(11)4-10-5(8(13)14)2-1-3-7(10)12;8-7-3-1-6(5-9)2-4-7;/h1-7H,8-9H2,(H2,17,20)(H,18,22);1-3H,4H2,(H2,9,11)(H,13,14);1-4H,5,9H2;1H. The van der Waals surface area contributed by atoms with E-state index in [-0.39, 0.29) is 48.5 Å². The van der Waals surface area contributed by atoms with Crippen molar-refractivity contribution in [2.45, 2.75) is 26.2 Å². The third-order valence-corrected chi connectivity index (χ3v) is 5.69. The molecule has 2 aromatic carbocycles. The zero-order chi connectivity index (χ0) is 33.5. The number of aromatic carboxylic acids is 1. The average molecular weight is 661 g/mol. The molecule has 3 amide bonds. The fourth-order valence-corrected chi connectivity index (χ4v) is 3.56. The van der Waals surface area contributed by atoms with Gasteiger partial charge in [0.25, 0.3) is 17.0 Å². The lowest BCUT2D eigenvalue weighted by atomic mass is 10.2. The second-order valence-corrected chi connectivity index (χ2v) is 9.05. The van der Waals surface area contributed by atoms with Gasteiger partial charge in [0.2, 0.25) is 11.8 Å². The number of rotatable bonds is 9. The minimum absolute atomic E-state index is 0. The number of pyridine rings is 2. The Kier molecular flexibility index (Phi) is 15.7. The molecule has 4 aromatic rings. The second kappa shape index (κ2) is 18.9. The molecule has 0 saturated carbocycles. The number of nitrogens with two attached hydrogens (primary N) is 3. The molecule has 0 saturated heterocycles. The van der Waals surface area contributed by atoms with E-state index in [4.69, 9.17) is 22.3 Å². The summed E-state index contributed by atoms with van der Waals surface area (Å²) in [6.45, 7) is -0.167. The van der Waals surface area contributed by atoms with Crippen molar-refractivity contribution in [1.82, 2.24) is 14.5 Å². The fourth-order valence-electron chi connectivity index (χ4n) is 3.56. The van der Waals surface area contributed by atoms with Gasteiger partial charge in [-0.05, 0) is 47.5 Å². The van der Waals surface area contributed by atoms with Crippen LogP contribution in [0.25, 0.3) is 0 Å². The normalized spacial score (nSPS) is 9.72. The molecular formula is C30H31ClF2N6O7. The molecule has 4 rings (SSSR count). The molecule has 0 unspecified atom stereocenters. The van der Waals surface area contributed by atoms with Crippen molar-refractivity contribution in [3.8, 4) is 0 Å². The highest BCUT2D eigenvalue weighted by Gasteiger charge is 2.14. The van der Waals surface area contributed by atoms with Gasteiger partial charge in [-0.1, -0.05) is 36.4 Å². The van der Waals surface area contributed by atoms with Crippen LogP contribution >= 0.6 is 12.4 Å². The third-order valence-electron chi connectivity index (χ3n) is 5.69. The van der Waals surface area contributed by atoms with Gasteiger partial charge in [0.05, 0.1) is 0 Å². The number of amides is 3. The lowest BCUT2D eigenvalue weighted by molar-refractivity contribution is -0.119. The topological polar surface area (TPSA) is 223 Å². The smallest absolute Gasteiger partial charge is 0.352 e. The Morgan fingerprint density at radius 3 is 1.50 bits per heavy atom. The Morgan fingerprint density at radius 2 is 1.09 bits per heavy atom. The van der Waals surface area contributed by atoms with Gasteiger partial charge in [0.1, 0.15) is 36.1 Å². The number of primary amides is 2. The zero-order valence-corrected chi connectivity index (χ0v) is 24.9. The Balaban J connectivity index is 0.000000377. The fraction of sp³-hybridized carbons (Fsp3) is 0.133. The molecule has 0 fully saturated rings. The summed E-state index contributed by atoms with van der Waals surface area (Å²) in [5.41, 5.74) is 15.6. The lowest BCUT2D eigenvalue weighted by Gasteiger charge is -2.11. The van der Waals surface area contributed by atoms with Crippen molar-refractivity contribution < 1.29 is 33.1 Å². The highest BCUT2D eigenvalue weighted by molar-refractivity contribution is 5.93. The van der Waals surface area contributed by atoms with Crippen molar-refractivity contribution in [3.63, 3.8) is 0 Å². The van der Waals surface area contributed by atoms with E-state index in [1.807, 2.05) is 0 Å². The van der Waals surface area contributed by atoms with E-state index in [0.29, 0.717) is 12.1 Å². The van der Waals surface area contributed by atoms with Crippen LogP contribution in [-0.4, -0.2) is 37.9 Å². The van der Waals surface area contributed by atoms with E-state index in [9.17, 15) is 37.5 Å². The highest BCUT2D eigenvalue weighted by atomic mass is 35.5. The number of carboxylic acids is 1. The number of benzene rings is 2. The van der Waals surface area contributed by atoms with Crippen molar-refractivity contribution in [2.24, 2.45) is 17.2 Å². The summed E-state index contributed by atoms with van der Waals surface area (Å²) in [6.07, 6.45) is 0. The first-order valence-electron chi connectivity index (χ1n) is 13.0. The van der Waals surface area contributed by atoms with Crippen LogP contribution in [0.1, 0.15) is 32.1 Å². The molecule has 2 heterocycles. The first-order chi connectivity index (χ1) is 21.3. The molecule has 0 spiro atoms. The molecule has 0 radical (unpaired) electrons. The number of halogens is 3. The molecule has 0 bridgehead atoms. The molecule has 8 N–H and O–H groups in total. The van der Waals surface area contributed by atoms with Crippen LogP contribution in [0.2, 0.25) is 0 Å². The van der Waals surface area contributed by atoms with Gasteiger partial charge in [-0.25, -0.2) is 13.6 Å². The summed E-state index contributed by atoms with van der Waals surface area (Å²) >= 11 is 0. The van der Waals surface area contributed by atoms with Crippen LogP contribution in [0.4, 0.5) is 8.78 Å². The van der Waals surface area contributed by atoms with E-state index in [1.54, 1.807) is 12.1 Å². The number of hydrogen-bond donors (Lipinski definition) is 5. The van der Waals surface area contributed by atoms with Crippen molar-refractivity contribution >= 4 is 36.1 Å². The van der Waals surface area contributed by atoms with E-state index in [0.717, 1.165) is 20.8 Å². The maximum Gasteiger partial charge on any atom is 0.352 e. The van der Waals surface area contributed by atoms with Crippen LogP contribution in [0, 0.1) is 11.6 Å². The Labute approximate surface area is 266 Å². The highest BCUT2D eigenvalue weighted by Crippen LogP contribution is 2.04. The van der Waals surface area contributed by atoms with Gasteiger partial charge in [0.15, 0.2) is 0 Å². The van der Waals surface area contributed by atoms with Gasteiger partial charge in [-0.3, -0.25) is 33.1 Å². The molecule has 0 aliphatic carbocycles. The number of nitrogens with one attached hydrogen (secondary N) is 1. The van der Waals surface area contributed by atoms with E-state index >= 15 is 0 Å². The van der Waals surface area contributed by atoms with Gasteiger partial charge in [0, 0.05) is 25.2 Å². The van der Waals surface area contributed by atoms with Gasteiger partial charge < -0.3 is 27.6 Å². The summed E-state index contributed by atoms with van der Waals surface area (Å²) in [4.78, 5) is 67.3. The number of carboxylic acid groups (broad SMARTS) is 1. The largest absolute Gasteiger partial charge is 0.477 e. The first-order valence-corrected chi connectivity index (χ1v) is 13.0. The molecular weight excluding hydrogens is 630 g/mol. The van der Waals surface area contributed by atoms with Crippen LogP contribution in [0.5, 0.6) is 0 Å². The predicted molar refractivity (Wildman–Crippen MR) is 166 cm³/mol. The van der Waals surface area contributed by atoms with Crippen LogP contribution in [0.15, 0.2) is 94.5 Å². The summed E-state index contributed by atoms with van der Waals surface area (Å²) in [5, 5.41) is 11.3. The summed E-state index contributed by atoms with van der Waals surface area (Å²) in [6, 6.07) is 19.6. The van der Waals surface area contributed by atoms with Crippen molar-refractivity contribution in [1.29, 1.82) is 0 Å². The molecule has 0 aliphatic rings. The number of carbonyl (C=O) groups is 4. The molecule has 0 atom stereocenters. The van der Waals surface area contributed by atoms with E-state index in [2.05, 4.69) is 5.32 Å². The predicted octanol–water partition coefficient (Wildman–Crippen LogP) is 1.14. The maximum atomic E-state index is 12.8.